The number of furan rings is 1. The summed E-state index contributed by atoms with van der Waals surface area (Å²) in [6.07, 6.45) is 0. The number of hydrogen-bond donors (Lipinski definition) is 0. The number of hydrogen-bond acceptors (Lipinski definition) is 2. The predicted molar refractivity (Wildman–Crippen MR) is 115 cm³/mol. The molecular weight excluding hydrogens is 412 g/mol. The van der Waals surface area contributed by atoms with Crippen LogP contribution >= 0.6 is 15.9 Å². The van der Waals surface area contributed by atoms with Crippen LogP contribution in [0.5, 0.6) is 0 Å². The lowest BCUT2D eigenvalue weighted by molar-refractivity contribution is -0.00816. The van der Waals surface area contributed by atoms with Gasteiger partial charge in [-0.15, -0.1) is 0 Å². The summed E-state index contributed by atoms with van der Waals surface area (Å²) in [7, 11) is 0. The van der Waals surface area contributed by atoms with E-state index in [1.54, 1.807) is 0 Å². The normalized spacial score (nSPS) is 11.5. The monoisotopic (exact) mass is 432 g/mol. The third-order valence-corrected chi connectivity index (χ3v) is 5.67. The summed E-state index contributed by atoms with van der Waals surface area (Å²) in [5, 5.41) is 0. The van der Waals surface area contributed by atoms with Crippen molar-refractivity contribution in [2.45, 2.75) is 19.1 Å². The highest BCUT2D eigenvalue weighted by Crippen LogP contribution is 2.41. The van der Waals surface area contributed by atoms with Gasteiger partial charge in [0.05, 0.1) is 4.47 Å². The molecule has 0 unspecified atom stereocenters. The Bertz CT molecular complexity index is 908. The van der Waals surface area contributed by atoms with Gasteiger partial charge in [-0.25, -0.2) is 0 Å². The van der Waals surface area contributed by atoms with Crippen molar-refractivity contribution in [2.75, 3.05) is 0 Å². The first-order valence-electron chi connectivity index (χ1n) is 9.25. The van der Waals surface area contributed by atoms with Crippen LogP contribution in [0.2, 0.25) is 0 Å². The fraction of sp³-hybridized carbons (Fsp3) is 0.120. The Morgan fingerprint density at radius 1 is 0.750 bits per heavy atom. The second-order valence-corrected chi connectivity index (χ2v) is 7.54. The van der Waals surface area contributed by atoms with E-state index in [0.29, 0.717) is 6.61 Å². The van der Waals surface area contributed by atoms with Crippen molar-refractivity contribution in [3.05, 3.63) is 130 Å². The maximum absolute atomic E-state index is 6.73. The average molecular weight is 433 g/mol. The number of aryl methyl sites for hydroxylation is 1. The molecule has 0 radical (unpaired) electrons. The zero-order valence-corrected chi connectivity index (χ0v) is 17.2. The summed E-state index contributed by atoms with van der Waals surface area (Å²) in [6, 6.07) is 33.0. The van der Waals surface area contributed by atoms with Gasteiger partial charge in [-0.2, -0.15) is 0 Å². The lowest BCUT2D eigenvalue weighted by atomic mass is 9.80. The zero-order valence-electron chi connectivity index (χ0n) is 15.6. The molecule has 1 heterocycles. The van der Waals surface area contributed by atoms with Crippen molar-refractivity contribution in [2.24, 2.45) is 0 Å². The summed E-state index contributed by atoms with van der Waals surface area (Å²) in [4.78, 5) is 0. The fourth-order valence-corrected chi connectivity index (χ4v) is 3.87. The van der Waals surface area contributed by atoms with Gasteiger partial charge in [0.2, 0.25) is 0 Å². The molecule has 0 aliphatic rings. The van der Waals surface area contributed by atoms with Crippen LogP contribution < -0.4 is 0 Å². The second-order valence-electron chi connectivity index (χ2n) is 6.68. The molecule has 28 heavy (non-hydrogen) atoms. The summed E-state index contributed by atoms with van der Waals surface area (Å²) in [6.45, 7) is 2.29. The Morgan fingerprint density at radius 3 is 1.54 bits per heavy atom. The van der Waals surface area contributed by atoms with Crippen molar-refractivity contribution >= 4 is 15.9 Å². The maximum Gasteiger partial charge on any atom is 0.144 e. The molecule has 0 bridgehead atoms. The van der Waals surface area contributed by atoms with Gasteiger partial charge in [0, 0.05) is 0 Å². The lowest BCUT2D eigenvalue weighted by Crippen LogP contribution is -2.32. The summed E-state index contributed by atoms with van der Waals surface area (Å²) in [5.74, 6) is 1.64. The molecule has 140 valence electrons. The molecule has 3 heteroatoms. The molecule has 0 aliphatic heterocycles. The van der Waals surface area contributed by atoms with Gasteiger partial charge in [0.25, 0.3) is 0 Å². The average Bonchev–Trinajstić information content (AvgIpc) is 3.08. The van der Waals surface area contributed by atoms with Gasteiger partial charge in [-0.1, -0.05) is 91.0 Å². The molecule has 0 saturated heterocycles. The van der Waals surface area contributed by atoms with E-state index in [-0.39, 0.29) is 0 Å². The van der Waals surface area contributed by atoms with E-state index >= 15 is 0 Å². The van der Waals surface area contributed by atoms with Crippen LogP contribution in [-0.4, -0.2) is 0 Å². The number of ether oxygens (including phenoxy) is 1. The van der Waals surface area contributed by atoms with Crippen LogP contribution in [0.1, 0.15) is 28.2 Å². The number of rotatable bonds is 6. The SMILES string of the molecule is Cc1oc(COC(c2ccccc2)(c2ccccc2)c2ccccc2)cc1Br. The van der Waals surface area contributed by atoms with E-state index in [2.05, 4.69) is 52.3 Å². The Labute approximate surface area is 173 Å². The third-order valence-electron chi connectivity index (χ3n) is 4.88. The van der Waals surface area contributed by atoms with E-state index < -0.39 is 5.60 Å². The first kappa shape index (κ1) is 18.7. The van der Waals surface area contributed by atoms with Gasteiger partial charge in [-0.3, -0.25) is 0 Å². The van der Waals surface area contributed by atoms with Crippen LogP contribution in [0, 0.1) is 6.92 Å². The highest BCUT2D eigenvalue weighted by molar-refractivity contribution is 9.10. The standard InChI is InChI=1S/C25H21BrO2/c1-19-24(26)17-23(28-19)18-27-25(20-11-5-2-6-12-20,21-13-7-3-8-14-21)22-15-9-4-10-16-22/h2-17H,18H2,1H3. The summed E-state index contributed by atoms with van der Waals surface area (Å²) >= 11 is 3.52. The summed E-state index contributed by atoms with van der Waals surface area (Å²) in [5.41, 5.74) is 2.50. The summed E-state index contributed by atoms with van der Waals surface area (Å²) < 4.78 is 13.5. The van der Waals surface area contributed by atoms with Gasteiger partial charge in [0.15, 0.2) is 0 Å². The van der Waals surface area contributed by atoms with Gasteiger partial charge in [0.1, 0.15) is 23.7 Å². The van der Waals surface area contributed by atoms with Crippen molar-refractivity contribution in [3.8, 4) is 0 Å². The van der Waals surface area contributed by atoms with E-state index in [0.717, 1.165) is 32.7 Å². The molecular formula is C25H21BrO2. The van der Waals surface area contributed by atoms with E-state index in [4.69, 9.17) is 9.15 Å². The molecule has 0 fully saturated rings. The fourth-order valence-electron chi connectivity index (χ4n) is 3.54. The predicted octanol–water partition coefficient (Wildman–Crippen LogP) is 6.86. The minimum Gasteiger partial charge on any atom is -0.463 e. The highest BCUT2D eigenvalue weighted by Gasteiger charge is 2.37. The molecule has 0 atom stereocenters. The Hall–Kier alpha value is -2.62. The molecule has 1 aromatic heterocycles. The molecule has 0 spiro atoms. The van der Waals surface area contributed by atoms with Crippen LogP contribution in [0.25, 0.3) is 0 Å². The maximum atomic E-state index is 6.73. The Balaban J connectivity index is 1.87. The Kier molecular flexibility index (Phi) is 5.47. The molecule has 0 amide bonds. The molecule has 0 aliphatic carbocycles. The van der Waals surface area contributed by atoms with Gasteiger partial charge in [-0.05, 0) is 45.6 Å². The van der Waals surface area contributed by atoms with E-state index in [1.807, 2.05) is 67.6 Å². The smallest absolute Gasteiger partial charge is 0.144 e. The topological polar surface area (TPSA) is 22.4 Å². The van der Waals surface area contributed by atoms with E-state index in [1.165, 1.54) is 0 Å². The van der Waals surface area contributed by atoms with Crippen LogP contribution in [0.4, 0.5) is 0 Å². The molecule has 4 aromatic rings. The largest absolute Gasteiger partial charge is 0.463 e. The second kappa shape index (κ2) is 8.17. The van der Waals surface area contributed by atoms with Crippen LogP contribution in [0.15, 0.2) is 106 Å². The van der Waals surface area contributed by atoms with Gasteiger partial charge >= 0.3 is 0 Å². The minimum atomic E-state index is -0.739. The Morgan fingerprint density at radius 2 is 1.18 bits per heavy atom. The first-order valence-corrected chi connectivity index (χ1v) is 10.0. The molecule has 0 saturated carbocycles. The molecule has 3 aromatic carbocycles. The van der Waals surface area contributed by atoms with Gasteiger partial charge < -0.3 is 9.15 Å². The zero-order chi connectivity index (χ0) is 19.4. The molecule has 0 N–H and O–H groups in total. The van der Waals surface area contributed by atoms with E-state index in [9.17, 15) is 0 Å². The minimum absolute atomic E-state index is 0.352. The first-order chi connectivity index (χ1) is 13.7. The van der Waals surface area contributed by atoms with Crippen molar-refractivity contribution in [1.29, 1.82) is 0 Å². The van der Waals surface area contributed by atoms with Crippen molar-refractivity contribution < 1.29 is 9.15 Å². The highest BCUT2D eigenvalue weighted by atomic mass is 79.9. The lowest BCUT2D eigenvalue weighted by Gasteiger charge is -2.35. The van der Waals surface area contributed by atoms with Crippen LogP contribution in [-0.2, 0) is 16.9 Å². The third kappa shape index (κ3) is 3.56. The number of benzene rings is 3. The van der Waals surface area contributed by atoms with Crippen molar-refractivity contribution in [1.82, 2.24) is 0 Å². The van der Waals surface area contributed by atoms with Crippen molar-refractivity contribution in [3.63, 3.8) is 0 Å². The van der Waals surface area contributed by atoms with Crippen LogP contribution in [0.3, 0.4) is 0 Å². The molecule has 2 nitrogen and oxygen atoms in total. The quantitative estimate of drug-likeness (QED) is 0.310. The molecule has 4 rings (SSSR count). The number of halogens is 1.